The molecule has 0 spiro atoms. The zero-order valence-corrected chi connectivity index (χ0v) is 17.2. The number of carbonyl (C=O) groups excluding carboxylic acids is 1. The maximum atomic E-state index is 13.2. The summed E-state index contributed by atoms with van der Waals surface area (Å²) >= 11 is 0. The van der Waals surface area contributed by atoms with E-state index in [4.69, 9.17) is 4.52 Å². The minimum atomic E-state index is -3.66. The van der Waals surface area contributed by atoms with Crippen LogP contribution in [0.5, 0.6) is 0 Å². The third kappa shape index (κ3) is 3.04. The zero-order valence-electron chi connectivity index (χ0n) is 16.4. The van der Waals surface area contributed by atoms with Crippen molar-refractivity contribution in [2.75, 3.05) is 18.0 Å². The summed E-state index contributed by atoms with van der Waals surface area (Å²) in [6.07, 6.45) is 1.90. The first kappa shape index (κ1) is 19.1. The van der Waals surface area contributed by atoms with Crippen molar-refractivity contribution in [2.45, 2.75) is 51.0 Å². The number of nitrogens with zero attached hydrogens (tertiary/aromatic N) is 3. The molecule has 28 heavy (non-hydrogen) atoms. The Balaban J connectivity index is 1.48. The summed E-state index contributed by atoms with van der Waals surface area (Å²) in [5, 5.41) is 3.76. The Hall–Kier alpha value is -2.19. The van der Waals surface area contributed by atoms with Crippen LogP contribution in [0.4, 0.5) is 5.69 Å². The zero-order chi connectivity index (χ0) is 20.1. The van der Waals surface area contributed by atoms with E-state index in [1.165, 1.54) is 9.87 Å². The van der Waals surface area contributed by atoms with E-state index in [1.807, 2.05) is 23.1 Å². The maximum absolute atomic E-state index is 13.2. The Morgan fingerprint density at radius 1 is 1.18 bits per heavy atom. The minimum Gasteiger partial charge on any atom is -0.360 e. The highest BCUT2D eigenvalue weighted by atomic mass is 32.2. The van der Waals surface area contributed by atoms with Crippen molar-refractivity contribution in [3.8, 4) is 0 Å². The molecular formula is C20H25N3O4S. The van der Waals surface area contributed by atoms with Crippen molar-refractivity contribution in [2.24, 2.45) is 5.92 Å². The second-order valence-electron chi connectivity index (χ2n) is 7.72. The Bertz CT molecular complexity index is 987. The number of para-hydroxylation sites is 1. The molecule has 0 radical (unpaired) electrons. The molecule has 0 N–H and O–H groups in total. The van der Waals surface area contributed by atoms with Gasteiger partial charge in [-0.05, 0) is 51.7 Å². The number of hydrogen-bond acceptors (Lipinski definition) is 5. The molecule has 0 bridgehead atoms. The number of benzene rings is 1. The SMILES string of the molecule is Cc1noc(C)c1S(=O)(=O)N1CCC(C(=O)N2c3ccccc3CC2C)CC1. The van der Waals surface area contributed by atoms with Crippen molar-refractivity contribution in [3.05, 3.63) is 41.3 Å². The first-order valence-corrected chi connectivity index (χ1v) is 11.1. The molecule has 8 heteroatoms. The summed E-state index contributed by atoms with van der Waals surface area (Å²) < 4.78 is 32.4. The Kier molecular flexibility index (Phi) is 4.79. The number of aryl methyl sites for hydroxylation is 2. The van der Waals surface area contributed by atoms with Gasteiger partial charge in [0.05, 0.1) is 0 Å². The lowest BCUT2D eigenvalue weighted by Gasteiger charge is -2.34. The van der Waals surface area contributed by atoms with Gasteiger partial charge in [-0.1, -0.05) is 23.4 Å². The molecule has 2 aromatic rings. The molecule has 1 unspecified atom stereocenters. The van der Waals surface area contributed by atoms with Crippen LogP contribution in [0.2, 0.25) is 0 Å². The Morgan fingerprint density at radius 2 is 1.86 bits per heavy atom. The molecule has 150 valence electrons. The van der Waals surface area contributed by atoms with E-state index in [2.05, 4.69) is 18.1 Å². The first-order valence-electron chi connectivity index (χ1n) is 9.64. The van der Waals surface area contributed by atoms with Gasteiger partial charge in [-0.15, -0.1) is 0 Å². The van der Waals surface area contributed by atoms with E-state index < -0.39 is 10.0 Å². The van der Waals surface area contributed by atoms with Crippen LogP contribution < -0.4 is 4.90 Å². The lowest BCUT2D eigenvalue weighted by molar-refractivity contribution is -0.123. The van der Waals surface area contributed by atoms with Gasteiger partial charge in [0.15, 0.2) is 5.76 Å². The molecule has 7 nitrogen and oxygen atoms in total. The van der Waals surface area contributed by atoms with Gasteiger partial charge in [0.25, 0.3) is 0 Å². The van der Waals surface area contributed by atoms with E-state index in [9.17, 15) is 13.2 Å². The molecule has 0 saturated carbocycles. The van der Waals surface area contributed by atoms with Crippen LogP contribution in [0.25, 0.3) is 0 Å². The molecule has 4 rings (SSSR count). The predicted molar refractivity (Wildman–Crippen MR) is 105 cm³/mol. The number of sulfonamides is 1. The molecule has 1 aromatic carbocycles. The largest absolute Gasteiger partial charge is 0.360 e. The molecule has 1 atom stereocenters. The van der Waals surface area contributed by atoms with Gasteiger partial charge in [0.1, 0.15) is 10.6 Å². The smallest absolute Gasteiger partial charge is 0.248 e. The molecule has 1 aromatic heterocycles. The van der Waals surface area contributed by atoms with Crippen molar-refractivity contribution < 1.29 is 17.7 Å². The Morgan fingerprint density at radius 3 is 2.50 bits per heavy atom. The van der Waals surface area contributed by atoms with Gasteiger partial charge < -0.3 is 9.42 Å². The topological polar surface area (TPSA) is 83.7 Å². The molecule has 1 amide bonds. The maximum Gasteiger partial charge on any atom is 0.248 e. The predicted octanol–water partition coefficient (Wildman–Crippen LogP) is 2.67. The van der Waals surface area contributed by atoms with E-state index in [1.54, 1.807) is 13.8 Å². The van der Waals surface area contributed by atoms with Gasteiger partial charge >= 0.3 is 0 Å². The minimum absolute atomic E-state index is 0.104. The van der Waals surface area contributed by atoms with Crippen LogP contribution in [-0.2, 0) is 21.2 Å². The van der Waals surface area contributed by atoms with Crippen molar-refractivity contribution in [3.63, 3.8) is 0 Å². The molecule has 1 fully saturated rings. The fourth-order valence-corrected chi connectivity index (χ4v) is 6.17. The number of anilines is 1. The van der Waals surface area contributed by atoms with Crippen LogP contribution in [0.15, 0.2) is 33.7 Å². The molecule has 2 aliphatic heterocycles. The summed E-state index contributed by atoms with van der Waals surface area (Å²) in [7, 11) is -3.66. The molecule has 3 heterocycles. The number of hydrogen-bond donors (Lipinski definition) is 0. The lowest BCUT2D eigenvalue weighted by Crippen LogP contribution is -2.46. The van der Waals surface area contributed by atoms with Crippen molar-refractivity contribution in [1.29, 1.82) is 0 Å². The number of rotatable bonds is 3. The van der Waals surface area contributed by atoms with E-state index in [0.29, 0.717) is 37.4 Å². The fourth-order valence-electron chi connectivity index (χ4n) is 4.41. The highest BCUT2D eigenvalue weighted by molar-refractivity contribution is 7.89. The van der Waals surface area contributed by atoms with Crippen molar-refractivity contribution >= 4 is 21.6 Å². The third-order valence-electron chi connectivity index (χ3n) is 5.81. The fraction of sp³-hybridized carbons (Fsp3) is 0.500. The van der Waals surface area contributed by atoms with E-state index >= 15 is 0 Å². The van der Waals surface area contributed by atoms with Crippen LogP contribution >= 0.6 is 0 Å². The Labute approximate surface area is 165 Å². The molecular weight excluding hydrogens is 378 g/mol. The lowest BCUT2D eigenvalue weighted by atomic mass is 9.96. The first-order chi connectivity index (χ1) is 13.3. The summed E-state index contributed by atoms with van der Waals surface area (Å²) in [4.78, 5) is 15.3. The summed E-state index contributed by atoms with van der Waals surface area (Å²) in [5.41, 5.74) is 2.56. The second kappa shape index (κ2) is 7.00. The van der Waals surface area contributed by atoms with Crippen LogP contribution in [0.3, 0.4) is 0 Å². The molecule has 1 saturated heterocycles. The van der Waals surface area contributed by atoms with Gasteiger partial charge in [-0.3, -0.25) is 4.79 Å². The summed E-state index contributed by atoms with van der Waals surface area (Å²) in [6.45, 7) is 5.95. The highest BCUT2D eigenvalue weighted by Crippen LogP contribution is 2.35. The normalized spacial score (nSPS) is 21.1. The number of amides is 1. The molecule has 0 aliphatic carbocycles. The van der Waals surface area contributed by atoms with Crippen LogP contribution in [-0.4, -0.2) is 42.9 Å². The van der Waals surface area contributed by atoms with Gasteiger partial charge in [-0.25, -0.2) is 8.42 Å². The average molecular weight is 404 g/mol. The quantitative estimate of drug-likeness (QED) is 0.787. The van der Waals surface area contributed by atoms with Crippen LogP contribution in [0, 0.1) is 19.8 Å². The van der Waals surface area contributed by atoms with Crippen molar-refractivity contribution in [1.82, 2.24) is 9.46 Å². The third-order valence-corrected chi connectivity index (χ3v) is 7.96. The number of aromatic nitrogens is 1. The number of fused-ring (bicyclic) bond motifs is 1. The number of carbonyl (C=O) groups is 1. The van der Waals surface area contributed by atoms with Gasteiger partial charge in [-0.2, -0.15) is 4.31 Å². The highest BCUT2D eigenvalue weighted by Gasteiger charge is 2.39. The van der Waals surface area contributed by atoms with Gasteiger partial charge in [0.2, 0.25) is 15.9 Å². The van der Waals surface area contributed by atoms with E-state index in [-0.39, 0.29) is 22.8 Å². The average Bonchev–Trinajstić information content (AvgIpc) is 3.19. The van der Waals surface area contributed by atoms with Gasteiger partial charge in [0, 0.05) is 30.7 Å². The van der Waals surface area contributed by atoms with E-state index in [0.717, 1.165) is 12.1 Å². The van der Waals surface area contributed by atoms with Crippen LogP contribution in [0.1, 0.15) is 36.8 Å². The molecule has 2 aliphatic rings. The number of piperidine rings is 1. The monoisotopic (exact) mass is 403 g/mol. The standard InChI is InChI=1S/C20H25N3O4S/c1-13-12-17-6-4-5-7-18(17)23(13)20(24)16-8-10-22(11-9-16)28(25,26)19-14(2)21-27-15(19)3/h4-7,13,16H,8-12H2,1-3H3. The summed E-state index contributed by atoms with van der Waals surface area (Å²) in [6, 6.07) is 8.15. The summed E-state index contributed by atoms with van der Waals surface area (Å²) in [5.74, 6) is 0.245. The second-order valence-corrected chi connectivity index (χ2v) is 9.60.